The van der Waals surface area contributed by atoms with Crippen molar-refractivity contribution in [3.05, 3.63) is 53.3 Å². The third-order valence-electron chi connectivity index (χ3n) is 3.03. The maximum absolute atomic E-state index is 3.44. The first-order chi connectivity index (χ1) is 13.8. The molecule has 30 heavy (non-hydrogen) atoms. The molecular formula is C24H22Br4Si2. The highest BCUT2D eigenvalue weighted by Gasteiger charge is 2.08. The Kier molecular flexibility index (Phi) is 11.3. The Labute approximate surface area is 217 Å². The van der Waals surface area contributed by atoms with Gasteiger partial charge in [-0.2, -0.15) is 0 Å². The lowest BCUT2D eigenvalue weighted by Crippen LogP contribution is -2.16. The predicted molar refractivity (Wildman–Crippen MR) is 152 cm³/mol. The van der Waals surface area contributed by atoms with Gasteiger partial charge in [-0.3, -0.25) is 0 Å². The van der Waals surface area contributed by atoms with Crippen LogP contribution in [-0.4, -0.2) is 16.1 Å². The van der Waals surface area contributed by atoms with Crippen LogP contribution in [0.15, 0.2) is 42.2 Å². The molecule has 0 aromatic heterocycles. The fourth-order valence-electron chi connectivity index (χ4n) is 1.70. The maximum atomic E-state index is 3.44. The molecule has 0 aliphatic carbocycles. The minimum absolute atomic E-state index is 0.740. The Balaban J connectivity index is 3.23. The van der Waals surface area contributed by atoms with Gasteiger partial charge in [0.1, 0.15) is 16.1 Å². The van der Waals surface area contributed by atoms with Crippen molar-refractivity contribution in [3.8, 4) is 46.6 Å². The van der Waals surface area contributed by atoms with E-state index in [2.05, 4.69) is 150 Å². The van der Waals surface area contributed by atoms with Crippen LogP contribution in [-0.2, 0) is 0 Å². The summed E-state index contributed by atoms with van der Waals surface area (Å²) in [5, 5.41) is 0. The molecular weight excluding hydrogens is 664 g/mol. The van der Waals surface area contributed by atoms with E-state index < -0.39 is 16.1 Å². The van der Waals surface area contributed by atoms with Crippen molar-refractivity contribution in [2.45, 2.75) is 39.3 Å². The van der Waals surface area contributed by atoms with Crippen molar-refractivity contribution in [3.63, 3.8) is 0 Å². The topological polar surface area (TPSA) is 0 Å². The van der Waals surface area contributed by atoms with E-state index in [0.717, 1.165) is 29.1 Å². The maximum Gasteiger partial charge on any atom is 0.129 e. The molecule has 1 aromatic carbocycles. The van der Waals surface area contributed by atoms with E-state index in [0.29, 0.717) is 0 Å². The standard InChI is InChI=1S/C24H22Br4Si2/c1-29(2,3)16-14-21(23(25)26)12-10-19-8-7-9-20(18-19)11-13-22(24(27)28)15-17-30(4,5)6/h7-9,18H,1-6H3. The van der Waals surface area contributed by atoms with Crippen LogP contribution in [0.4, 0.5) is 0 Å². The summed E-state index contributed by atoms with van der Waals surface area (Å²) >= 11 is 13.8. The molecule has 0 spiro atoms. The molecule has 0 aliphatic rings. The largest absolute Gasteiger partial charge is 0.129 e. The molecule has 0 saturated carbocycles. The van der Waals surface area contributed by atoms with E-state index in [9.17, 15) is 0 Å². The summed E-state index contributed by atoms with van der Waals surface area (Å²) in [6, 6.07) is 7.85. The van der Waals surface area contributed by atoms with Crippen molar-refractivity contribution in [2.75, 3.05) is 0 Å². The fourth-order valence-corrected chi connectivity index (χ4v) is 3.49. The van der Waals surface area contributed by atoms with Crippen LogP contribution in [0.2, 0.25) is 39.3 Å². The predicted octanol–water partition coefficient (Wildman–Crippen LogP) is 8.15. The summed E-state index contributed by atoms with van der Waals surface area (Å²) in [7, 11) is -2.95. The summed E-state index contributed by atoms with van der Waals surface area (Å²) in [6.07, 6.45) is 0. The molecule has 0 N–H and O–H groups in total. The second kappa shape index (κ2) is 12.4. The second-order valence-electron chi connectivity index (χ2n) is 8.35. The van der Waals surface area contributed by atoms with Gasteiger partial charge in [0.2, 0.25) is 0 Å². The molecule has 154 valence electrons. The monoisotopic (exact) mass is 682 g/mol. The van der Waals surface area contributed by atoms with E-state index in [4.69, 9.17) is 0 Å². The third-order valence-corrected chi connectivity index (χ3v) is 6.37. The van der Waals surface area contributed by atoms with Gasteiger partial charge in [0, 0.05) is 11.1 Å². The Morgan fingerprint density at radius 3 is 1.30 bits per heavy atom. The molecule has 0 atom stereocenters. The Morgan fingerprint density at radius 1 is 0.633 bits per heavy atom. The Hall–Kier alpha value is -0.706. The van der Waals surface area contributed by atoms with Crippen LogP contribution in [0.3, 0.4) is 0 Å². The van der Waals surface area contributed by atoms with Gasteiger partial charge in [-0.1, -0.05) is 80.9 Å². The van der Waals surface area contributed by atoms with Crippen LogP contribution in [0.25, 0.3) is 0 Å². The highest BCUT2D eigenvalue weighted by molar-refractivity contribution is 9.28. The number of rotatable bonds is 0. The molecule has 0 radical (unpaired) electrons. The zero-order chi connectivity index (χ0) is 22.9. The second-order valence-corrected chi connectivity index (χ2v) is 23.2. The molecule has 1 rings (SSSR count). The van der Waals surface area contributed by atoms with Crippen molar-refractivity contribution in [2.24, 2.45) is 0 Å². The number of benzene rings is 1. The van der Waals surface area contributed by atoms with Crippen LogP contribution in [0.5, 0.6) is 0 Å². The van der Waals surface area contributed by atoms with Gasteiger partial charge in [-0.25, -0.2) is 0 Å². The summed E-state index contributed by atoms with van der Waals surface area (Å²) in [6.45, 7) is 13.2. The van der Waals surface area contributed by atoms with E-state index in [1.807, 2.05) is 24.3 Å². The SMILES string of the molecule is C[Si](C)(C)C#CC(C#Cc1cccc(C#CC(C#C[Si](C)(C)C)=C(Br)Br)c1)=C(Br)Br. The molecule has 0 fully saturated rings. The number of allylic oxidation sites excluding steroid dienone is 2. The smallest absolute Gasteiger partial charge is 0.126 e. The van der Waals surface area contributed by atoms with Crippen molar-refractivity contribution in [1.82, 2.24) is 0 Å². The van der Waals surface area contributed by atoms with Crippen LogP contribution in [0, 0.1) is 46.6 Å². The van der Waals surface area contributed by atoms with Gasteiger partial charge in [0.25, 0.3) is 0 Å². The molecule has 0 saturated heterocycles. The minimum Gasteiger partial charge on any atom is -0.126 e. The van der Waals surface area contributed by atoms with Crippen molar-refractivity contribution < 1.29 is 0 Å². The highest BCUT2D eigenvalue weighted by Crippen LogP contribution is 2.19. The van der Waals surface area contributed by atoms with Gasteiger partial charge in [0.05, 0.1) is 17.9 Å². The average molecular weight is 686 g/mol. The lowest BCUT2D eigenvalue weighted by Gasteiger charge is -2.03. The molecule has 6 heteroatoms. The van der Waals surface area contributed by atoms with Crippen molar-refractivity contribution >= 4 is 79.9 Å². The molecule has 0 unspecified atom stereocenters. The van der Waals surface area contributed by atoms with Gasteiger partial charge >= 0.3 is 0 Å². The highest BCUT2D eigenvalue weighted by atomic mass is 79.9. The molecule has 0 aliphatic heterocycles. The zero-order valence-corrected chi connectivity index (χ0v) is 26.2. The van der Waals surface area contributed by atoms with E-state index in [1.165, 1.54) is 0 Å². The summed E-state index contributed by atoms with van der Waals surface area (Å²) in [4.78, 5) is 0. The number of hydrogen-bond acceptors (Lipinski definition) is 0. The molecule has 0 amide bonds. The van der Waals surface area contributed by atoms with Gasteiger partial charge in [-0.15, -0.1) is 11.1 Å². The first-order valence-electron chi connectivity index (χ1n) is 9.08. The lowest BCUT2D eigenvalue weighted by atomic mass is 10.1. The van der Waals surface area contributed by atoms with Gasteiger partial charge in [0.15, 0.2) is 0 Å². The minimum atomic E-state index is -1.48. The number of hydrogen-bond donors (Lipinski definition) is 0. The normalized spacial score (nSPS) is 9.93. The fraction of sp³-hybridized carbons (Fsp3) is 0.250. The van der Waals surface area contributed by atoms with Crippen molar-refractivity contribution in [1.29, 1.82) is 0 Å². The van der Waals surface area contributed by atoms with Gasteiger partial charge in [-0.05, 0) is 81.9 Å². The Morgan fingerprint density at radius 2 is 1.00 bits per heavy atom. The van der Waals surface area contributed by atoms with E-state index in [-0.39, 0.29) is 0 Å². The molecule has 0 nitrogen and oxygen atoms in total. The van der Waals surface area contributed by atoms with Crippen LogP contribution in [0.1, 0.15) is 11.1 Å². The van der Waals surface area contributed by atoms with E-state index in [1.54, 1.807) is 0 Å². The quantitative estimate of drug-likeness (QED) is 0.191. The Bertz CT molecular complexity index is 1020. The van der Waals surface area contributed by atoms with Crippen LogP contribution >= 0.6 is 63.7 Å². The first-order valence-corrected chi connectivity index (χ1v) is 19.2. The first kappa shape index (κ1) is 27.3. The summed E-state index contributed by atoms with van der Waals surface area (Å²) in [5.41, 5.74) is 9.92. The molecule has 1 aromatic rings. The third kappa shape index (κ3) is 12.2. The molecule has 0 bridgehead atoms. The average Bonchev–Trinajstić information content (AvgIpc) is 2.59. The van der Waals surface area contributed by atoms with E-state index >= 15 is 0 Å². The number of halogens is 4. The molecule has 0 heterocycles. The summed E-state index contributed by atoms with van der Waals surface area (Å²) < 4.78 is 1.53. The summed E-state index contributed by atoms with van der Waals surface area (Å²) in [5.74, 6) is 19.0. The van der Waals surface area contributed by atoms with Gasteiger partial charge < -0.3 is 0 Å². The zero-order valence-electron chi connectivity index (χ0n) is 17.8. The van der Waals surface area contributed by atoms with Crippen LogP contribution < -0.4 is 0 Å². The lowest BCUT2D eigenvalue weighted by molar-refractivity contribution is 1.60.